The van der Waals surface area contributed by atoms with Crippen molar-refractivity contribution in [3.8, 4) is 0 Å². The molecule has 1 fully saturated rings. The second kappa shape index (κ2) is 4.33. The molecule has 1 aliphatic carbocycles. The zero-order valence-electron chi connectivity index (χ0n) is 8.62. The van der Waals surface area contributed by atoms with E-state index in [9.17, 15) is 0 Å². The first-order chi connectivity index (χ1) is 6.18. The Morgan fingerprint density at radius 2 is 1.79 bits per heavy atom. The second-order valence-corrected chi connectivity index (χ2v) is 4.38. The summed E-state index contributed by atoms with van der Waals surface area (Å²) in [6.45, 7) is 2.12. The first kappa shape index (κ1) is 11.5. The number of nitrogens with two attached hydrogens (primary N) is 1. The highest BCUT2D eigenvalue weighted by molar-refractivity contribution is 5.85. The fourth-order valence-electron chi connectivity index (χ4n) is 1.92. The van der Waals surface area contributed by atoms with E-state index >= 15 is 0 Å². The van der Waals surface area contributed by atoms with Gasteiger partial charge in [0.25, 0.3) is 0 Å². The van der Waals surface area contributed by atoms with Gasteiger partial charge in [-0.25, -0.2) is 0 Å². The normalized spacial score (nSPS) is 18.1. The van der Waals surface area contributed by atoms with Gasteiger partial charge in [-0.2, -0.15) is 0 Å². The van der Waals surface area contributed by atoms with E-state index < -0.39 is 0 Å². The van der Waals surface area contributed by atoms with Crippen LogP contribution in [0.25, 0.3) is 0 Å². The van der Waals surface area contributed by atoms with Crippen molar-refractivity contribution in [1.29, 1.82) is 0 Å². The van der Waals surface area contributed by atoms with Crippen LogP contribution in [0.15, 0.2) is 24.3 Å². The lowest BCUT2D eigenvalue weighted by Gasteiger charge is -2.38. The maximum atomic E-state index is 6.17. The van der Waals surface area contributed by atoms with Gasteiger partial charge in [0.2, 0.25) is 0 Å². The summed E-state index contributed by atoms with van der Waals surface area (Å²) in [4.78, 5) is 0. The molecule has 0 bridgehead atoms. The SMILES string of the molecule is Cc1ccc(CC2(N)CCC2)cc1.Cl. The topological polar surface area (TPSA) is 26.0 Å². The van der Waals surface area contributed by atoms with Crippen LogP contribution in [-0.2, 0) is 6.42 Å². The minimum Gasteiger partial charge on any atom is -0.325 e. The number of benzene rings is 1. The van der Waals surface area contributed by atoms with Gasteiger partial charge in [0.15, 0.2) is 0 Å². The summed E-state index contributed by atoms with van der Waals surface area (Å²) in [5.74, 6) is 0. The molecule has 1 nitrogen and oxygen atoms in total. The second-order valence-electron chi connectivity index (χ2n) is 4.38. The van der Waals surface area contributed by atoms with Crippen molar-refractivity contribution in [2.45, 2.75) is 38.1 Å². The molecule has 0 heterocycles. The number of hydrogen-bond donors (Lipinski definition) is 1. The monoisotopic (exact) mass is 211 g/mol. The molecule has 0 saturated heterocycles. The van der Waals surface area contributed by atoms with Crippen LogP contribution in [0, 0.1) is 6.92 Å². The molecular formula is C12H18ClN. The summed E-state index contributed by atoms with van der Waals surface area (Å²) in [5, 5.41) is 0. The van der Waals surface area contributed by atoms with Crippen LogP contribution in [0.1, 0.15) is 30.4 Å². The lowest BCUT2D eigenvalue weighted by Crippen LogP contribution is -2.48. The van der Waals surface area contributed by atoms with Crippen LogP contribution < -0.4 is 5.73 Å². The molecule has 78 valence electrons. The third-order valence-corrected chi connectivity index (χ3v) is 3.03. The Labute approximate surface area is 92.1 Å². The highest BCUT2D eigenvalue weighted by Gasteiger charge is 2.32. The van der Waals surface area contributed by atoms with Crippen molar-refractivity contribution in [3.05, 3.63) is 35.4 Å². The molecule has 1 aliphatic rings. The minimum atomic E-state index is 0. The van der Waals surface area contributed by atoms with Gasteiger partial charge in [-0.15, -0.1) is 12.4 Å². The standard InChI is InChI=1S/C12H17N.ClH/c1-10-3-5-11(6-4-10)9-12(13)7-2-8-12;/h3-6H,2,7-9,13H2,1H3;1H. The highest BCUT2D eigenvalue weighted by Crippen LogP contribution is 2.32. The lowest BCUT2D eigenvalue weighted by molar-refractivity contribution is 0.247. The molecule has 0 unspecified atom stereocenters. The first-order valence-corrected chi connectivity index (χ1v) is 5.02. The fraction of sp³-hybridized carbons (Fsp3) is 0.500. The molecule has 0 atom stereocenters. The van der Waals surface area contributed by atoms with Gasteiger partial charge in [0.05, 0.1) is 0 Å². The Balaban J connectivity index is 0.000000980. The molecule has 1 aromatic rings. The molecule has 0 aliphatic heterocycles. The van der Waals surface area contributed by atoms with E-state index in [-0.39, 0.29) is 17.9 Å². The fourth-order valence-corrected chi connectivity index (χ4v) is 1.92. The molecule has 0 radical (unpaired) electrons. The Kier molecular flexibility index (Phi) is 3.57. The maximum Gasteiger partial charge on any atom is 0.0195 e. The predicted octanol–water partition coefficient (Wildman–Crippen LogP) is 2.84. The van der Waals surface area contributed by atoms with Crippen LogP contribution in [-0.4, -0.2) is 5.54 Å². The van der Waals surface area contributed by atoms with Crippen molar-refractivity contribution in [1.82, 2.24) is 0 Å². The zero-order valence-corrected chi connectivity index (χ0v) is 9.44. The van der Waals surface area contributed by atoms with Crippen LogP contribution in [0.2, 0.25) is 0 Å². The van der Waals surface area contributed by atoms with Gasteiger partial charge in [-0.3, -0.25) is 0 Å². The summed E-state index contributed by atoms with van der Waals surface area (Å²) in [6.07, 6.45) is 4.75. The van der Waals surface area contributed by atoms with E-state index in [0.29, 0.717) is 0 Å². The molecule has 0 amide bonds. The predicted molar refractivity (Wildman–Crippen MR) is 62.9 cm³/mol. The minimum absolute atomic E-state index is 0. The summed E-state index contributed by atoms with van der Waals surface area (Å²) >= 11 is 0. The molecule has 0 aromatic heterocycles. The van der Waals surface area contributed by atoms with Gasteiger partial charge < -0.3 is 5.73 Å². The van der Waals surface area contributed by atoms with Crippen LogP contribution >= 0.6 is 12.4 Å². The number of aryl methyl sites for hydroxylation is 1. The maximum absolute atomic E-state index is 6.17. The van der Waals surface area contributed by atoms with Crippen molar-refractivity contribution < 1.29 is 0 Å². The van der Waals surface area contributed by atoms with Gasteiger partial charge >= 0.3 is 0 Å². The van der Waals surface area contributed by atoms with E-state index in [1.165, 1.54) is 30.4 Å². The molecule has 0 spiro atoms. The Morgan fingerprint density at radius 3 is 2.21 bits per heavy atom. The third kappa shape index (κ3) is 2.49. The average Bonchev–Trinajstić information content (AvgIpc) is 2.06. The van der Waals surface area contributed by atoms with Crippen LogP contribution in [0.3, 0.4) is 0 Å². The summed E-state index contributed by atoms with van der Waals surface area (Å²) < 4.78 is 0. The van der Waals surface area contributed by atoms with E-state index in [0.717, 1.165) is 6.42 Å². The van der Waals surface area contributed by atoms with Crippen molar-refractivity contribution >= 4 is 12.4 Å². The van der Waals surface area contributed by atoms with Crippen LogP contribution in [0.4, 0.5) is 0 Å². The van der Waals surface area contributed by atoms with Gasteiger partial charge in [-0.1, -0.05) is 29.8 Å². The Morgan fingerprint density at radius 1 is 1.21 bits per heavy atom. The van der Waals surface area contributed by atoms with Crippen molar-refractivity contribution in [2.24, 2.45) is 5.73 Å². The zero-order chi connectivity index (χ0) is 9.31. The largest absolute Gasteiger partial charge is 0.325 e. The highest BCUT2D eigenvalue weighted by atomic mass is 35.5. The molecule has 2 rings (SSSR count). The smallest absolute Gasteiger partial charge is 0.0195 e. The summed E-state index contributed by atoms with van der Waals surface area (Å²) in [7, 11) is 0. The molecule has 2 N–H and O–H groups in total. The molecule has 2 heteroatoms. The first-order valence-electron chi connectivity index (χ1n) is 5.02. The van der Waals surface area contributed by atoms with Crippen molar-refractivity contribution in [3.63, 3.8) is 0 Å². The Bertz CT molecular complexity index is 288. The molecule has 14 heavy (non-hydrogen) atoms. The quantitative estimate of drug-likeness (QED) is 0.800. The molecule has 1 saturated carbocycles. The number of hydrogen-bond acceptors (Lipinski definition) is 1. The van der Waals surface area contributed by atoms with E-state index in [4.69, 9.17) is 5.73 Å². The average molecular weight is 212 g/mol. The summed E-state index contributed by atoms with van der Waals surface area (Å²) in [6, 6.07) is 8.72. The third-order valence-electron chi connectivity index (χ3n) is 3.03. The van der Waals surface area contributed by atoms with E-state index in [2.05, 4.69) is 31.2 Å². The van der Waals surface area contributed by atoms with Gasteiger partial charge in [0, 0.05) is 5.54 Å². The van der Waals surface area contributed by atoms with Crippen LogP contribution in [0.5, 0.6) is 0 Å². The molecular weight excluding hydrogens is 194 g/mol. The number of rotatable bonds is 2. The summed E-state index contributed by atoms with van der Waals surface area (Å²) in [5.41, 5.74) is 9.00. The van der Waals surface area contributed by atoms with Crippen molar-refractivity contribution in [2.75, 3.05) is 0 Å². The Hall–Kier alpha value is -0.530. The van der Waals surface area contributed by atoms with Gasteiger partial charge in [0.1, 0.15) is 0 Å². The number of halogens is 1. The van der Waals surface area contributed by atoms with E-state index in [1.807, 2.05) is 0 Å². The lowest BCUT2D eigenvalue weighted by atomic mass is 9.74. The van der Waals surface area contributed by atoms with E-state index in [1.54, 1.807) is 0 Å². The van der Waals surface area contributed by atoms with Gasteiger partial charge in [-0.05, 0) is 38.2 Å². The molecule has 1 aromatic carbocycles.